The van der Waals surface area contributed by atoms with E-state index in [1.165, 1.54) is 6.33 Å². The van der Waals surface area contributed by atoms with Crippen LogP contribution in [0.2, 0.25) is 10.0 Å². The highest BCUT2D eigenvalue weighted by Gasteiger charge is 2.20. The van der Waals surface area contributed by atoms with E-state index in [1.54, 1.807) is 25.6 Å². The third-order valence-electron chi connectivity index (χ3n) is 5.22. The fourth-order valence-electron chi connectivity index (χ4n) is 3.43. The summed E-state index contributed by atoms with van der Waals surface area (Å²) in [6.45, 7) is 4.29. The Morgan fingerprint density at radius 2 is 2.06 bits per heavy atom. The number of ether oxygens (including phenoxy) is 3. The SMILES string of the molecule is C#Cc1c(Cl)ccc(Nc2ncnc3cc(OCCOC)c(OC(C)N4C=NCC4)cc23)c1Cl. The topological polar surface area (TPSA) is 81.1 Å². The third-order valence-corrected chi connectivity index (χ3v) is 5.92. The molecule has 8 nitrogen and oxygen atoms in total. The van der Waals surface area contributed by atoms with Crippen molar-refractivity contribution in [1.82, 2.24) is 14.9 Å². The smallest absolute Gasteiger partial charge is 0.170 e. The Kier molecular flexibility index (Phi) is 7.58. The minimum absolute atomic E-state index is 0.251. The van der Waals surface area contributed by atoms with Crippen LogP contribution in [-0.2, 0) is 4.74 Å². The van der Waals surface area contributed by atoms with Gasteiger partial charge in [0, 0.05) is 25.1 Å². The highest BCUT2D eigenvalue weighted by molar-refractivity contribution is 6.38. The van der Waals surface area contributed by atoms with Gasteiger partial charge in [-0.2, -0.15) is 0 Å². The summed E-state index contributed by atoms with van der Waals surface area (Å²) in [6, 6.07) is 7.08. The zero-order valence-corrected chi connectivity index (χ0v) is 20.2. The summed E-state index contributed by atoms with van der Waals surface area (Å²) in [7, 11) is 1.62. The number of aromatic nitrogens is 2. The lowest BCUT2D eigenvalue weighted by atomic mass is 10.1. The molecule has 1 aliphatic heterocycles. The predicted octanol–water partition coefficient (Wildman–Crippen LogP) is 4.76. The molecule has 176 valence electrons. The summed E-state index contributed by atoms with van der Waals surface area (Å²) < 4.78 is 17.3. The highest BCUT2D eigenvalue weighted by Crippen LogP contribution is 2.38. The largest absolute Gasteiger partial charge is 0.487 e. The number of benzene rings is 2. The van der Waals surface area contributed by atoms with E-state index in [-0.39, 0.29) is 6.23 Å². The second-order valence-electron chi connectivity index (χ2n) is 7.41. The van der Waals surface area contributed by atoms with Crippen LogP contribution in [0.5, 0.6) is 11.5 Å². The normalized spacial score (nSPS) is 13.7. The van der Waals surface area contributed by atoms with E-state index >= 15 is 0 Å². The van der Waals surface area contributed by atoms with E-state index in [4.69, 9.17) is 43.8 Å². The number of halogens is 2. The van der Waals surface area contributed by atoms with Gasteiger partial charge in [-0.3, -0.25) is 4.99 Å². The van der Waals surface area contributed by atoms with Crippen molar-refractivity contribution in [2.24, 2.45) is 4.99 Å². The molecule has 0 aliphatic carbocycles. The Hall–Kier alpha value is -3.25. The lowest BCUT2D eigenvalue weighted by molar-refractivity contribution is 0.0970. The molecule has 1 aromatic heterocycles. The van der Waals surface area contributed by atoms with Crippen LogP contribution in [0.25, 0.3) is 10.9 Å². The molecule has 2 aromatic carbocycles. The second kappa shape index (κ2) is 10.8. The molecule has 0 saturated heterocycles. The van der Waals surface area contributed by atoms with Gasteiger partial charge in [0.15, 0.2) is 17.7 Å². The molecule has 0 saturated carbocycles. The van der Waals surface area contributed by atoms with Crippen molar-refractivity contribution in [2.45, 2.75) is 13.2 Å². The number of nitrogens with one attached hydrogen (secondary N) is 1. The van der Waals surface area contributed by atoms with Gasteiger partial charge < -0.3 is 24.4 Å². The average molecular weight is 500 g/mol. The van der Waals surface area contributed by atoms with Crippen molar-refractivity contribution >= 4 is 51.9 Å². The van der Waals surface area contributed by atoms with E-state index in [0.29, 0.717) is 62.7 Å². The first-order chi connectivity index (χ1) is 16.5. The summed E-state index contributed by atoms with van der Waals surface area (Å²) in [5.41, 5.74) is 1.64. The van der Waals surface area contributed by atoms with Gasteiger partial charge in [0.25, 0.3) is 0 Å². The Labute approximate surface area is 207 Å². The Bertz CT molecular complexity index is 1260. The Balaban J connectivity index is 1.73. The van der Waals surface area contributed by atoms with Crippen molar-refractivity contribution in [2.75, 3.05) is 38.7 Å². The van der Waals surface area contributed by atoms with Gasteiger partial charge in [-0.05, 0) is 25.1 Å². The van der Waals surface area contributed by atoms with Crippen LogP contribution in [0, 0.1) is 12.3 Å². The summed E-state index contributed by atoms with van der Waals surface area (Å²) in [6.07, 6.45) is 8.56. The number of anilines is 2. The molecule has 0 amide bonds. The lowest BCUT2D eigenvalue weighted by Gasteiger charge is -2.25. The van der Waals surface area contributed by atoms with Gasteiger partial charge in [-0.15, -0.1) is 6.42 Å². The molecule has 1 atom stereocenters. The number of methoxy groups -OCH3 is 1. The van der Waals surface area contributed by atoms with Crippen LogP contribution in [0.1, 0.15) is 12.5 Å². The van der Waals surface area contributed by atoms with E-state index in [2.05, 4.69) is 26.2 Å². The van der Waals surface area contributed by atoms with Gasteiger partial charge in [-0.1, -0.05) is 29.1 Å². The summed E-state index contributed by atoms with van der Waals surface area (Å²) >= 11 is 12.6. The van der Waals surface area contributed by atoms with Gasteiger partial charge >= 0.3 is 0 Å². The quantitative estimate of drug-likeness (QED) is 0.335. The third kappa shape index (κ3) is 5.12. The zero-order valence-electron chi connectivity index (χ0n) is 18.7. The Morgan fingerprint density at radius 3 is 2.79 bits per heavy atom. The van der Waals surface area contributed by atoms with Crippen molar-refractivity contribution in [3.63, 3.8) is 0 Å². The fraction of sp³-hybridized carbons (Fsp3) is 0.292. The highest BCUT2D eigenvalue weighted by atomic mass is 35.5. The molecule has 10 heteroatoms. The second-order valence-corrected chi connectivity index (χ2v) is 8.19. The van der Waals surface area contributed by atoms with Crippen molar-refractivity contribution in [3.05, 3.63) is 46.2 Å². The summed E-state index contributed by atoms with van der Waals surface area (Å²) in [5.74, 6) is 4.14. The van der Waals surface area contributed by atoms with Gasteiger partial charge in [-0.25, -0.2) is 9.97 Å². The summed E-state index contributed by atoms with van der Waals surface area (Å²) in [5, 5.41) is 4.69. The van der Waals surface area contributed by atoms with E-state index < -0.39 is 0 Å². The summed E-state index contributed by atoms with van der Waals surface area (Å²) in [4.78, 5) is 15.1. The number of fused-ring (bicyclic) bond motifs is 1. The molecule has 0 spiro atoms. The number of rotatable bonds is 9. The molecule has 1 N–H and O–H groups in total. The number of nitrogens with zero attached hydrogens (tertiary/aromatic N) is 4. The molecule has 2 heterocycles. The first kappa shape index (κ1) is 23.9. The molecule has 4 rings (SSSR count). The van der Waals surface area contributed by atoms with Crippen LogP contribution < -0.4 is 14.8 Å². The number of aliphatic imine (C=N–C) groups is 1. The lowest BCUT2D eigenvalue weighted by Crippen LogP contribution is -2.34. The maximum absolute atomic E-state index is 6.48. The van der Waals surface area contributed by atoms with Crippen LogP contribution in [0.15, 0.2) is 35.6 Å². The minimum Gasteiger partial charge on any atom is -0.487 e. The number of hydrogen-bond acceptors (Lipinski definition) is 8. The molecular weight excluding hydrogens is 477 g/mol. The van der Waals surface area contributed by atoms with Crippen molar-refractivity contribution in [1.29, 1.82) is 0 Å². The molecular formula is C24H23Cl2N5O3. The molecule has 3 aromatic rings. The predicted molar refractivity (Wildman–Crippen MR) is 135 cm³/mol. The zero-order chi connectivity index (χ0) is 24.1. The number of hydrogen-bond donors (Lipinski definition) is 1. The fourth-order valence-corrected chi connectivity index (χ4v) is 3.96. The first-order valence-corrected chi connectivity index (χ1v) is 11.3. The van der Waals surface area contributed by atoms with Crippen LogP contribution in [-0.4, -0.2) is 60.8 Å². The molecule has 0 bridgehead atoms. The maximum atomic E-state index is 6.48. The van der Waals surface area contributed by atoms with Crippen molar-refractivity contribution in [3.8, 4) is 23.8 Å². The first-order valence-electron chi connectivity index (χ1n) is 10.6. The van der Waals surface area contributed by atoms with Gasteiger partial charge in [0.05, 0.1) is 46.3 Å². The standard InChI is InChI=1S/C24H23Cl2N5O3/c1-4-16-18(25)5-6-19(23(16)26)30-24-17-11-22(34-15(2)31-8-7-27-14-31)21(33-10-9-32-3)12-20(17)28-13-29-24/h1,5-6,11-15H,7-10H2,2-3H3,(H,28,29,30). The number of terminal acetylenes is 1. The van der Waals surface area contributed by atoms with Gasteiger partial charge in [0.2, 0.25) is 0 Å². The van der Waals surface area contributed by atoms with E-state index in [1.807, 2.05) is 24.0 Å². The van der Waals surface area contributed by atoms with Crippen LogP contribution >= 0.6 is 23.2 Å². The van der Waals surface area contributed by atoms with E-state index in [9.17, 15) is 0 Å². The monoisotopic (exact) mass is 499 g/mol. The van der Waals surface area contributed by atoms with Crippen molar-refractivity contribution < 1.29 is 14.2 Å². The molecule has 0 radical (unpaired) electrons. The Morgan fingerprint density at radius 1 is 1.21 bits per heavy atom. The van der Waals surface area contributed by atoms with Crippen LogP contribution in [0.3, 0.4) is 0 Å². The van der Waals surface area contributed by atoms with Crippen LogP contribution in [0.4, 0.5) is 11.5 Å². The molecule has 1 unspecified atom stereocenters. The van der Waals surface area contributed by atoms with E-state index in [0.717, 1.165) is 13.1 Å². The average Bonchev–Trinajstić information content (AvgIpc) is 3.37. The van der Waals surface area contributed by atoms with Gasteiger partial charge in [0.1, 0.15) is 18.8 Å². The molecule has 34 heavy (non-hydrogen) atoms. The molecule has 1 aliphatic rings. The maximum Gasteiger partial charge on any atom is 0.170 e. The minimum atomic E-state index is -0.251. The molecule has 0 fully saturated rings.